The molecule has 0 fully saturated rings. The molecule has 7 nitrogen and oxygen atoms in total. The van der Waals surface area contributed by atoms with Gasteiger partial charge in [0.2, 0.25) is 5.78 Å². The molecule has 4 rings (SSSR count). The van der Waals surface area contributed by atoms with Crippen molar-refractivity contribution in [2.75, 3.05) is 5.73 Å². The number of hydrogen-bond acceptors (Lipinski definition) is 5. The Labute approximate surface area is 160 Å². The van der Waals surface area contributed by atoms with Crippen LogP contribution in [-0.2, 0) is 6.54 Å². The highest BCUT2D eigenvalue weighted by Crippen LogP contribution is 2.29. The Balaban J connectivity index is 1.92. The molecule has 2 aromatic carbocycles. The lowest BCUT2D eigenvalue weighted by atomic mass is 10.0. The SMILES string of the molecule is CCn1c(=O)c(C(=O)c2cnn(-c3ccccc3)c2N)c(O)c2ccccc21. The van der Waals surface area contributed by atoms with Crippen molar-refractivity contribution >= 4 is 22.5 Å². The van der Waals surface area contributed by atoms with E-state index in [1.54, 1.807) is 43.3 Å². The summed E-state index contributed by atoms with van der Waals surface area (Å²) < 4.78 is 2.88. The van der Waals surface area contributed by atoms with Crippen LogP contribution >= 0.6 is 0 Å². The third-order valence-corrected chi connectivity index (χ3v) is 4.74. The maximum absolute atomic E-state index is 13.2. The van der Waals surface area contributed by atoms with E-state index in [0.29, 0.717) is 23.1 Å². The Hall–Kier alpha value is -3.87. The van der Waals surface area contributed by atoms with Gasteiger partial charge in [-0.15, -0.1) is 0 Å². The van der Waals surface area contributed by atoms with Crippen LogP contribution in [0.1, 0.15) is 22.8 Å². The van der Waals surface area contributed by atoms with Crippen molar-refractivity contribution in [3.8, 4) is 11.4 Å². The fourth-order valence-electron chi connectivity index (χ4n) is 3.35. The first-order valence-electron chi connectivity index (χ1n) is 8.82. The van der Waals surface area contributed by atoms with E-state index in [4.69, 9.17) is 5.73 Å². The summed E-state index contributed by atoms with van der Waals surface area (Å²) in [6.07, 6.45) is 1.31. The van der Waals surface area contributed by atoms with Crippen LogP contribution in [-0.4, -0.2) is 25.2 Å². The fraction of sp³-hybridized carbons (Fsp3) is 0.0952. The van der Waals surface area contributed by atoms with E-state index in [0.717, 1.165) is 0 Å². The molecule has 7 heteroatoms. The molecule has 0 amide bonds. The normalized spacial score (nSPS) is 11.0. The second-order valence-corrected chi connectivity index (χ2v) is 6.31. The summed E-state index contributed by atoms with van der Waals surface area (Å²) in [5, 5.41) is 15.3. The number of pyridine rings is 1. The van der Waals surface area contributed by atoms with Crippen LogP contribution in [0.15, 0.2) is 65.6 Å². The molecule has 4 aromatic rings. The molecule has 0 spiro atoms. The first-order valence-corrected chi connectivity index (χ1v) is 8.82. The van der Waals surface area contributed by atoms with Crippen LogP contribution in [0.2, 0.25) is 0 Å². The van der Waals surface area contributed by atoms with Crippen molar-refractivity contribution in [2.24, 2.45) is 0 Å². The first-order chi connectivity index (χ1) is 13.5. The number of aryl methyl sites for hydroxylation is 1. The van der Waals surface area contributed by atoms with E-state index in [1.165, 1.54) is 15.4 Å². The number of anilines is 1. The number of nitrogens with two attached hydrogens (primary N) is 1. The van der Waals surface area contributed by atoms with Crippen molar-refractivity contribution in [3.05, 3.63) is 82.3 Å². The van der Waals surface area contributed by atoms with Gasteiger partial charge in [-0.1, -0.05) is 30.3 Å². The lowest BCUT2D eigenvalue weighted by molar-refractivity contribution is 0.103. The number of aromatic nitrogens is 3. The maximum atomic E-state index is 13.2. The highest BCUT2D eigenvalue weighted by Gasteiger charge is 2.26. The highest BCUT2D eigenvalue weighted by atomic mass is 16.3. The molecule has 3 N–H and O–H groups in total. The zero-order valence-electron chi connectivity index (χ0n) is 15.2. The molecule has 140 valence electrons. The molecule has 0 aliphatic carbocycles. The Morgan fingerprint density at radius 3 is 2.50 bits per heavy atom. The number of carbonyl (C=O) groups excluding carboxylic acids is 1. The molecule has 0 saturated heterocycles. The van der Waals surface area contributed by atoms with E-state index in [2.05, 4.69) is 5.10 Å². The average Bonchev–Trinajstić information content (AvgIpc) is 3.10. The highest BCUT2D eigenvalue weighted by molar-refractivity contribution is 6.15. The third kappa shape index (κ3) is 2.56. The van der Waals surface area contributed by atoms with Gasteiger partial charge in [0.25, 0.3) is 5.56 Å². The number of aromatic hydroxyl groups is 1. The van der Waals surface area contributed by atoms with Crippen LogP contribution in [0.5, 0.6) is 5.75 Å². The van der Waals surface area contributed by atoms with Crippen molar-refractivity contribution in [3.63, 3.8) is 0 Å². The summed E-state index contributed by atoms with van der Waals surface area (Å²) in [7, 11) is 0. The molecule has 0 atom stereocenters. The van der Waals surface area contributed by atoms with Gasteiger partial charge in [0.15, 0.2) is 0 Å². The summed E-state index contributed by atoms with van der Waals surface area (Å²) >= 11 is 0. The Morgan fingerprint density at radius 1 is 1.11 bits per heavy atom. The molecule has 2 heterocycles. The molecule has 2 aromatic heterocycles. The largest absolute Gasteiger partial charge is 0.506 e. The average molecular weight is 374 g/mol. The minimum absolute atomic E-state index is 0.0641. The smallest absolute Gasteiger partial charge is 0.266 e. The summed E-state index contributed by atoms with van der Waals surface area (Å²) in [6, 6.07) is 16.0. The second-order valence-electron chi connectivity index (χ2n) is 6.31. The van der Waals surface area contributed by atoms with Gasteiger partial charge in [0, 0.05) is 11.9 Å². The van der Waals surface area contributed by atoms with Crippen molar-refractivity contribution in [1.29, 1.82) is 0 Å². The fourth-order valence-corrected chi connectivity index (χ4v) is 3.35. The predicted molar refractivity (Wildman–Crippen MR) is 107 cm³/mol. The van der Waals surface area contributed by atoms with Crippen molar-refractivity contribution in [1.82, 2.24) is 14.3 Å². The molecule has 0 radical (unpaired) electrons. The van der Waals surface area contributed by atoms with Gasteiger partial charge < -0.3 is 15.4 Å². The van der Waals surface area contributed by atoms with Gasteiger partial charge in [-0.05, 0) is 31.2 Å². The molecule has 28 heavy (non-hydrogen) atoms. The van der Waals surface area contributed by atoms with Gasteiger partial charge >= 0.3 is 0 Å². The van der Waals surface area contributed by atoms with Gasteiger partial charge in [-0.25, -0.2) is 4.68 Å². The topological polar surface area (TPSA) is 103 Å². The second kappa shape index (κ2) is 6.70. The molecule has 0 bridgehead atoms. The standard InChI is InChI=1S/C21H18N4O3/c1-2-24-16-11-7-6-10-14(16)18(26)17(21(24)28)19(27)15-12-23-25(20(15)22)13-8-4-3-5-9-13/h3-12,26H,2,22H2,1H3. The maximum Gasteiger partial charge on any atom is 0.266 e. The summed E-state index contributed by atoms with van der Waals surface area (Å²) in [6.45, 7) is 2.17. The lowest BCUT2D eigenvalue weighted by Gasteiger charge is -2.13. The third-order valence-electron chi connectivity index (χ3n) is 4.74. The summed E-state index contributed by atoms with van der Waals surface area (Å²) in [5.74, 6) is -0.900. The zero-order chi connectivity index (χ0) is 19.8. The molecule has 0 aliphatic heterocycles. The van der Waals surface area contributed by atoms with E-state index < -0.39 is 11.3 Å². The number of para-hydroxylation sites is 2. The quantitative estimate of drug-likeness (QED) is 0.535. The number of carbonyl (C=O) groups is 1. The molecular formula is C21H18N4O3. The number of benzene rings is 2. The Kier molecular flexibility index (Phi) is 4.19. The predicted octanol–water partition coefficient (Wildman–Crippen LogP) is 2.73. The molecule has 0 aliphatic rings. The Bertz CT molecular complexity index is 1260. The van der Waals surface area contributed by atoms with E-state index in [9.17, 15) is 14.7 Å². The van der Waals surface area contributed by atoms with Crippen LogP contribution in [0.4, 0.5) is 5.82 Å². The number of hydrogen-bond donors (Lipinski definition) is 2. The molecular weight excluding hydrogens is 356 g/mol. The van der Waals surface area contributed by atoms with Crippen molar-refractivity contribution in [2.45, 2.75) is 13.5 Å². The lowest BCUT2D eigenvalue weighted by Crippen LogP contribution is -2.27. The molecule has 0 unspecified atom stereocenters. The summed E-state index contributed by atoms with van der Waals surface area (Å²) in [4.78, 5) is 26.1. The molecule has 0 saturated carbocycles. The van der Waals surface area contributed by atoms with E-state index in [-0.39, 0.29) is 22.7 Å². The van der Waals surface area contributed by atoms with Gasteiger partial charge in [-0.3, -0.25) is 9.59 Å². The van der Waals surface area contributed by atoms with Crippen LogP contribution in [0.3, 0.4) is 0 Å². The minimum Gasteiger partial charge on any atom is -0.506 e. The minimum atomic E-state index is -0.657. The Morgan fingerprint density at radius 2 is 1.79 bits per heavy atom. The van der Waals surface area contributed by atoms with E-state index in [1.807, 2.05) is 18.2 Å². The number of rotatable bonds is 4. The number of nitrogen functional groups attached to an aromatic ring is 1. The van der Waals surface area contributed by atoms with E-state index >= 15 is 0 Å². The van der Waals surface area contributed by atoms with Gasteiger partial charge in [0.1, 0.15) is 17.1 Å². The monoisotopic (exact) mass is 374 g/mol. The number of ketones is 1. The zero-order valence-corrected chi connectivity index (χ0v) is 15.2. The van der Waals surface area contributed by atoms with Gasteiger partial charge in [0.05, 0.1) is 23.0 Å². The summed E-state index contributed by atoms with van der Waals surface area (Å²) in [5.41, 5.74) is 6.60. The van der Waals surface area contributed by atoms with Crippen molar-refractivity contribution < 1.29 is 9.90 Å². The van der Waals surface area contributed by atoms with Crippen LogP contribution in [0.25, 0.3) is 16.6 Å². The number of fused-ring (bicyclic) bond motifs is 1. The first kappa shape index (κ1) is 17.5. The van der Waals surface area contributed by atoms with Crippen LogP contribution in [0, 0.1) is 0 Å². The number of nitrogens with zero attached hydrogens (tertiary/aromatic N) is 3. The van der Waals surface area contributed by atoms with Gasteiger partial charge in [-0.2, -0.15) is 5.10 Å². The van der Waals surface area contributed by atoms with Crippen LogP contribution < -0.4 is 11.3 Å².